The van der Waals surface area contributed by atoms with E-state index in [2.05, 4.69) is 32.4 Å². The van der Waals surface area contributed by atoms with Gasteiger partial charge < -0.3 is 5.32 Å². The van der Waals surface area contributed by atoms with Crippen molar-refractivity contribution in [2.75, 3.05) is 5.32 Å². The lowest BCUT2D eigenvalue weighted by Crippen LogP contribution is -2.09. The van der Waals surface area contributed by atoms with E-state index in [9.17, 15) is 0 Å². The molecule has 0 radical (unpaired) electrons. The van der Waals surface area contributed by atoms with Crippen LogP contribution in [-0.4, -0.2) is 9.78 Å². The molecule has 1 aromatic heterocycles. The maximum atomic E-state index is 9.11. The van der Waals surface area contributed by atoms with Crippen LogP contribution in [0.3, 0.4) is 0 Å². The number of rotatable bonds is 4. The summed E-state index contributed by atoms with van der Waals surface area (Å²) in [5, 5.41) is 17.4. The second-order valence-corrected chi connectivity index (χ2v) is 5.55. The van der Waals surface area contributed by atoms with Gasteiger partial charge in [0.05, 0.1) is 33.7 Å². The molecule has 0 bridgehead atoms. The van der Waals surface area contributed by atoms with E-state index in [1.54, 1.807) is 18.2 Å². The quantitative estimate of drug-likeness (QED) is 0.900. The SMILES string of the molecule is CCn1nc(C)c(Br)c1CNc1cc(Cl)ccc1C#N. The van der Waals surface area contributed by atoms with Gasteiger partial charge in [-0.3, -0.25) is 4.68 Å². The Bertz CT molecular complexity index is 673. The highest BCUT2D eigenvalue weighted by Gasteiger charge is 2.12. The van der Waals surface area contributed by atoms with E-state index >= 15 is 0 Å². The predicted molar refractivity (Wildman–Crippen MR) is 83.8 cm³/mol. The summed E-state index contributed by atoms with van der Waals surface area (Å²) in [6.07, 6.45) is 0. The van der Waals surface area contributed by atoms with Crippen LogP contribution in [0.4, 0.5) is 5.69 Å². The van der Waals surface area contributed by atoms with Gasteiger partial charge in [-0.25, -0.2) is 0 Å². The van der Waals surface area contributed by atoms with E-state index in [1.807, 2.05) is 18.5 Å². The number of aryl methyl sites for hydroxylation is 2. The van der Waals surface area contributed by atoms with Gasteiger partial charge in [0.15, 0.2) is 0 Å². The predicted octanol–water partition coefficient (Wildman–Crippen LogP) is 4.11. The van der Waals surface area contributed by atoms with Gasteiger partial charge in [0.2, 0.25) is 0 Å². The number of anilines is 1. The minimum absolute atomic E-state index is 0.574. The number of halogens is 2. The van der Waals surface area contributed by atoms with Crippen LogP contribution in [-0.2, 0) is 13.1 Å². The minimum Gasteiger partial charge on any atom is -0.378 e. The van der Waals surface area contributed by atoms with Gasteiger partial charge in [-0.05, 0) is 48.0 Å². The third kappa shape index (κ3) is 2.97. The zero-order chi connectivity index (χ0) is 14.7. The van der Waals surface area contributed by atoms with Gasteiger partial charge in [0.25, 0.3) is 0 Å². The summed E-state index contributed by atoms with van der Waals surface area (Å²) in [5.41, 5.74) is 3.31. The monoisotopic (exact) mass is 352 g/mol. The standard InChI is InChI=1S/C14H14BrClN4/c1-3-20-13(14(15)9(2)19-20)8-18-12-6-11(16)5-4-10(12)7-17/h4-6,18H,3,8H2,1-2H3. The molecule has 20 heavy (non-hydrogen) atoms. The van der Waals surface area contributed by atoms with Crippen molar-refractivity contribution in [1.29, 1.82) is 5.26 Å². The van der Waals surface area contributed by atoms with Gasteiger partial charge in [-0.15, -0.1) is 0 Å². The van der Waals surface area contributed by atoms with Crippen LogP contribution in [0.1, 0.15) is 23.9 Å². The maximum absolute atomic E-state index is 9.11. The van der Waals surface area contributed by atoms with E-state index in [4.69, 9.17) is 16.9 Å². The molecule has 0 saturated carbocycles. The molecule has 1 N–H and O–H groups in total. The Balaban J connectivity index is 2.25. The Morgan fingerprint density at radius 2 is 2.25 bits per heavy atom. The van der Waals surface area contributed by atoms with Crippen molar-refractivity contribution in [3.63, 3.8) is 0 Å². The molecule has 0 atom stereocenters. The lowest BCUT2D eigenvalue weighted by molar-refractivity contribution is 0.622. The molecule has 0 unspecified atom stereocenters. The molecule has 2 rings (SSSR count). The molecule has 0 aliphatic heterocycles. The van der Waals surface area contributed by atoms with Gasteiger partial charge in [0.1, 0.15) is 6.07 Å². The first kappa shape index (κ1) is 14.9. The Hall–Kier alpha value is -1.51. The summed E-state index contributed by atoms with van der Waals surface area (Å²) >= 11 is 9.52. The molecule has 0 saturated heterocycles. The second kappa shape index (κ2) is 6.29. The molecule has 0 aliphatic carbocycles. The molecular weight excluding hydrogens is 340 g/mol. The van der Waals surface area contributed by atoms with Crippen LogP contribution in [0.25, 0.3) is 0 Å². The smallest absolute Gasteiger partial charge is 0.101 e. The molecule has 0 amide bonds. The highest BCUT2D eigenvalue weighted by molar-refractivity contribution is 9.10. The van der Waals surface area contributed by atoms with Crippen LogP contribution < -0.4 is 5.32 Å². The number of benzene rings is 1. The molecule has 2 aromatic rings. The van der Waals surface area contributed by atoms with Crippen molar-refractivity contribution in [3.8, 4) is 6.07 Å². The topological polar surface area (TPSA) is 53.6 Å². The fourth-order valence-corrected chi connectivity index (χ4v) is 2.57. The first-order valence-corrected chi connectivity index (χ1v) is 7.39. The second-order valence-electron chi connectivity index (χ2n) is 4.32. The summed E-state index contributed by atoms with van der Waals surface area (Å²) < 4.78 is 2.93. The van der Waals surface area contributed by atoms with E-state index < -0.39 is 0 Å². The van der Waals surface area contributed by atoms with Gasteiger partial charge in [-0.1, -0.05) is 11.6 Å². The lowest BCUT2D eigenvalue weighted by Gasteiger charge is -2.10. The lowest BCUT2D eigenvalue weighted by atomic mass is 10.2. The Kier molecular flexibility index (Phi) is 4.69. The molecule has 6 heteroatoms. The van der Waals surface area contributed by atoms with E-state index in [0.717, 1.165) is 28.1 Å². The highest BCUT2D eigenvalue weighted by atomic mass is 79.9. The first-order chi connectivity index (χ1) is 9.56. The fraction of sp³-hybridized carbons (Fsp3) is 0.286. The zero-order valence-corrected chi connectivity index (χ0v) is 13.6. The molecule has 0 aliphatic rings. The van der Waals surface area contributed by atoms with E-state index in [0.29, 0.717) is 17.1 Å². The number of hydrogen-bond donors (Lipinski definition) is 1. The third-order valence-corrected chi connectivity index (χ3v) is 4.27. The maximum Gasteiger partial charge on any atom is 0.101 e. The summed E-state index contributed by atoms with van der Waals surface area (Å²) in [5.74, 6) is 0. The molecule has 1 aromatic carbocycles. The van der Waals surface area contributed by atoms with Crippen LogP contribution in [0, 0.1) is 18.3 Å². The number of nitrogens with zero attached hydrogens (tertiary/aromatic N) is 3. The summed E-state index contributed by atoms with van der Waals surface area (Å²) in [4.78, 5) is 0. The van der Waals surface area contributed by atoms with Gasteiger partial charge in [0, 0.05) is 11.6 Å². The van der Waals surface area contributed by atoms with E-state index in [-0.39, 0.29) is 0 Å². The van der Waals surface area contributed by atoms with Gasteiger partial charge >= 0.3 is 0 Å². The van der Waals surface area contributed by atoms with Crippen LogP contribution >= 0.6 is 27.5 Å². The van der Waals surface area contributed by atoms with Crippen LogP contribution in [0.2, 0.25) is 5.02 Å². The Morgan fingerprint density at radius 3 is 2.90 bits per heavy atom. The minimum atomic E-state index is 0.574. The molecule has 104 valence electrons. The van der Waals surface area contributed by atoms with Crippen molar-refractivity contribution >= 4 is 33.2 Å². The average molecular weight is 354 g/mol. The number of nitrogens with one attached hydrogen (secondary N) is 1. The summed E-state index contributed by atoms with van der Waals surface area (Å²) in [6, 6.07) is 7.33. The van der Waals surface area contributed by atoms with Crippen molar-refractivity contribution in [2.24, 2.45) is 0 Å². The molecule has 0 fully saturated rings. The van der Waals surface area contributed by atoms with E-state index in [1.165, 1.54) is 0 Å². The Morgan fingerprint density at radius 1 is 1.50 bits per heavy atom. The van der Waals surface area contributed by atoms with Crippen molar-refractivity contribution in [2.45, 2.75) is 26.9 Å². The third-order valence-electron chi connectivity index (χ3n) is 3.00. The number of hydrogen-bond acceptors (Lipinski definition) is 3. The van der Waals surface area contributed by atoms with Crippen molar-refractivity contribution in [3.05, 3.63) is 44.6 Å². The Labute approximate surface area is 131 Å². The van der Waals surface area contributed by atoms with Crippen LogP contribution in [0.5, 0.6) is 0 Å². The summed E-state index contributed by atoms with van der Waals surface area (Å²) in [7, 11) is 0. The average Bonchev–Trinajstić information content (AvgIpc) is 2.72. The largest absolute Gasteiger partial charge is 0.378 e. The van der Waals surface area contributed by atoms with Gasteiger partial charge in [-0.2, -0.15) is 10.4 Å². The molecule has 4 nitrogen and oxygen atoms in total. The fourth-order valence-electron chi connectivity index (χ4n) is 1.98. The zero-order valence-electron chi connectivity index (χ0n) is 11.2. The molecule has 1 heterocycles. The highest BCUT2D eigenvalue weighted by Crippen LogP contribution is 2.24. The van der Waals surface area contributed by atoms with Crippen molar-refractivity contribution < 1.29 is 0 Å². The summed E-state index contributed by atoms with van der Waals surface area (Å²) in [6.45, 7) is 5.37. The first-order valence-electron chi connectivity index (χ1n) is 6.22. The number of aromatic nitrogens is 2. The molecular formula is C14H14BrClN4. The van der Waals surface area contributed by atoms with Crippen molar-refractivity contribution in [1.82, 2.24) is 9.78 Å². The van der Waals surface area contributed by atoms with Crippen LogP contribution in [0.15, 0.2) is 22.7 Å². The normalized spacial score (nSPS) is 10.3. The molecule has 0 spiro atoms. The number of nitriles is 1.